The van der Waals surface area contributed by atoms with E-state index in [1.165, 1.54) is 4.73 Å². The van der Waals surface area contributed by atoms with Gasteiger partial charge in [-0.05, 0) is 23.8 Å². The first-order valence-electron chi connectivity index (χ1n) is 7.62. The van der Waals surface area contributed by atoms with Crippen LogP contribution in [0.15, 0.2) is 54.7 Å². The molecular weight excluding hydrogens is 322 g/mol. The maximum atomic E-state index is 12.4. The van der Waals surface area contributed by atoms with Gasteiger partial charge in [-0.25, -0.2) is 4.79 Å². The van der Waals surface area contributed by atoms with Crippen molar-refractivity contribution in [3.8, 4) is 0 Å². The number of para-hydroxylation sites is 2. The maximum Gasteiger partial charge on any atom is 0.365 e. The van der Waals surface area contributed by atoms with Crippen LogP contribution < -0.4 is 16.3 Å². The third-order valence-corrected chi connectivity index (χ3v) is 3.88. The van der Waals surface area contributed by atoms with Gasteiger partial charge in [-0.3, -0.25) is 4.79 Å². The molecule has 128 valence electrons. The normalized spacial score (nSPS) is 12.0. The monoisotopic (exact) mass is 339 g/mol. The van der Waals surface area contributed by atoms with Gasteiger partial charge in [0.05, 0.1) is 11.1 Å². The number of nitrogens with two attached hydrogens (primary N) is 2. The third kappa shape index (κ3) is 3.31. The van der Waals surface area contributed by atoms with Crippen LogP contribution >= 0.6 is 0 Å². The van der Waals surface area contributed by atoms with Crippen LogP contribution in [0.2, 0.25) is 0 Å². The number of benzene rings is 2. The van der Waals surface area contributed by atoms with Gasteiger partial charge in [0.15, 0.2) is 0 Å². The molecule has 5 N–H and O–H groups in total. The Morgan fingerprint density at radius 1 is 1.12 bits per heavy atom. The number of anilines is 1. The number of hydrogen-bond acceptors (Lipinski definition) is 5. The van der Waals surface area contributed by atoms with E-state index in [9.17, 15) is 9.59 Å². The van der Waals surface area contributed by atoms with Crippen LogP contribution in [0, 0.1) is 0 Å². The summed E-state index contributed by atoms with van der Waals surface area (Å²) in [6.45, 7) is 0. The lowest BCUT2D eigenvalue weighted by molar-refractivity contribution is -0.138. The van der Waals surface area contributed by atoms with Gasteiger partial charge in [0.25, 0.3) is 0 Å². The molecule has 1 unspecified atom stereocenters. The Morgan fingerprint density at radius 2 is 1.80 bits per heavy atom. The molecule has 0 aliphatic rings. The minimum atomic E-state index is -1.09. The summed E-state index contributed by atoms with van der Waals surface area (Å²) in [6.07, 6.45) is 1.69. The van der Waals surface area contributed by atoms with E-state index in [-0.39, 0.29) is 12.0 Å². The molecule has 1 aromatic heterocycles. The van der Waals surface area contributed by atoms with Crippen LogP contribution in [-0.4, -0.2) is 27.8 Å². The molecule has 0 aliphatic carbocycles. The van der Waals surface area contributed by atoms with Crippen molar-refractivity contribution in [3.63, 3.8) is 0 Å². The van der Waals surface area contributed by atoms with Crippen molar-refractivity contribution in [1.82, 2.24) is 4.73 Å². The molecule has 0 fully saturated rings. The predicted octanol–water partition coefficient (Wildman–Crippen LogP) is 1.45. The molecule has 0 saturated carbocycles. The molecule has 1 heterocycles. The first-order valence-corrected chi connectivity index (χ1v) is 7.62. The summed E-state index contributed by atoms with van der Waals surface area (Å²) in [6, 6.07) is 12.8. The van der Waals surface area contributed by atoms with Gasteiger partial charge in [-0.15, -0.1) is 0 Å². The fourth-order valence-electron chi connectivity index (χ4n) is 2.60. The molecule has 25 heavy (non-hydrogen) atoms. The van der Waals surface area contributed by atoms with Crippen LogP contribution in [0.5, 0.6) is 0 Å². The second-order valence-electron chi connectivity index (χ2n) is 5.61. The average Bonchev–Trinajstić information content (AvgIpc) is 2.93. The molecule has 0 aliphatic heterocycles. The summed E-state index contributed by atoms with van der Waals surface area (Å²) in [5, 5.41) is 9.79. The van der Waals surface area contributed by atoms with Crippen molar-refractivity contribution in [1.29, 1.82) is 0 Å². The number of carbonyl (C=O) groups excluding carboxylic acids is 1. The highest BCUT2D eigenvalue weighted by Gasteiger charge is 2.19. The minimum absolute atomic E-state index is 0.119. The van der Waals surface area contributed by atoms with E-state index in [0.717, 1.165) is 5.39 Å². The molecule has 2 aromatic carbocycles. The van der Waals surface area contributed by atoms with Gasteiger partial charge in [0, 0.05) is 23.7 Å². The summed E-state index contributed by atoms with van der Waals surface area (Å²) >= 11 is 0. The highest BCUT2D eigenvalue weighted by molar-refractivity contribution is 5.95. The molecule has 0 radical (unpaired) electrons. The highest BCUT2D eigenvalue weighted by atomic mass is 16.7. The standard InChI is InChI=1S/C18H17N3O4/c19-14-7-3-1-6-13(14)18(24)25-21-10-11(9-15(20)17(22)23)12-5-2-4-8-16(12)21/h1-8,10,15H,9,19-20H2,(H,22,23). The van der Waals surface area contributed by atoms with Crippen LogP contribution in [0.1, 0.15) is 15.9 Å². The number of rotatable bonds is 5. The largest absolute Gasteiger partial charge is 0.480 e. The number of carboxylic acids is 1. The van der Waals surface area contributed by atoms with E-state index in [1.54, 1.807) is 42.6 Å². The second-order valence-corrected chi connectivity index (χ2v) is 5.61. The number of aliphatic carboxylic acids is 1. The van der Waals surface area contributed by atoms with E-state index in [1.807, 2.05) is 12.1 Å². The van der Waals surface area contributed by atoms with Gasteiger partial charge >= 0.3 is 11.9 Å². The van der Waals surface area contributed by atoms with E-state index in [0.29, 0.717) is 16.8 Å². The second kappa shape index (κ2) is 6.66. The molecule has 0 bridgehead atoms. The van der Waals surface area contributed by atoms with Gasteiger partial charge in [0.2, 0.25) is 0 Å². The summed E-state index contributed by atoms with van der Waals surface area (Å²) < 4.78 is 1.31. The Kier molecular flexibility index (Phi) is 4.40. The number of nitrogens with zero attached hydrogens (tertiary/aromatic N) is 1. The highest BCUT2D eigenvalue weighted by Crippen LogP contribution is 2.22. The van der Waals surface area contributed by atoms with Crippen molar-refractivity contribution >= 4 is 28.5 Å². The molecule has 0 amide bonds. The smallest absolute Gasteiger partial charge is 0.365 e. The zero-order valence-corrected chi connectivity index (χ0v) is 13.3. The third-order valence-electron chi connectivity index (χ3n) is 3.88. The Morgan fingerprint density at radius 3 is 2.52 bits per heavy atom. The van der Waals surface area contributed by atoms with Crippen LogP contribution in [0.4, 0.5) is 5.69 Å². The molecule has 1 atom stereocenters. The summed E-state index contributed by atoms with van der Waals surface area (Å²) in [5.41, 5.74) is 13.3. The fraction of sp³-hybridized carbons (Fsp3) is 0.111. The van der Waals surface area contributed by atoms with Crippen molar-refractivity contribution in [2.24, 2.45) is 5.73 Å². The molecule has 0 saturated heterocycles. The van der Waals surface area contributed by atoms with Gasteiger partial charge in [-0.1, -0.05) is 30.3 Å². The van der Waals surface area contributed by atoms with Gasteiger partial charge < -0.3 is 21.4 Å². The molecule has 7 nitrogen and oxygen atoms in total. The number of hydrogen-bond donors (Lipinski definition) is 3. The topological polar surface area (TPSA) is 121 Å². The van der Waals surface area contributed by atoms with Crippen LogP contribution in [0.3, 0.4) is 0 Å². The predicted molar refractivity (Wildman–Crippen MR) is 93.0 cm³/mol. The molecule has 0 spiro atoms. The quantitative estimate of drug-likeness (QED) is 0.605. The first-order chi connectivity index (χ1) is 12.0. The maximum absolute atomic E-state index is 12.4. The Labute approximate surface area is 143 Å². The minimum Gasteiger partial charge on any atom is -0.480 e. The first kappa shape index (κ1) is 16.5. The van der Waals surface area contributed by atoms with Crippen LogP contribution in [-0.2, 0) is 11.2 Å². The molecule has 7 heteroatoms. The lowest BCUT2D eigenvalue weighted by Crippen LogP contribution is -2.32. The average molecular weight is 339 g/mol. The van der Waals surface area contributed by atoms with E-state index < -0.39 is 18.0 Å². The lowest BCUT2D eigenvalue weighted by Gasteiger charge is -2.07. The number of carbonyl (C=O) groups is 2. The van der Waals surface area contributed by atoms with Gasteiger partial charge in [0.1, 0.15) is 6.04 Å². The zero-order chi connectivity index (χ0) is 18.0. The molecule has 3 aromatic rings. The lowest BCUT2D eigenvalue weighted by atomic mass is 10.1. The van der Waals surface area contributed by atoms with E-state index in [2.05, 4.69) is 0 Å². The Bertz CT molecular complexity index is 948. The van der Waals surface area contributed by atoms with Gasteiger partial charge in [-0.2, -0.15) is 4.73 Å². The summed E-state index contributed by atoms with van der Waals surface area (Å²) in [4.78, 5) is 28.8. The summed E-state index contributed by atoms with van der Waals surface area (Å²) in [5.74, 6) is -1.70. The number of nitrogen functional groups attached to an aromatic ring is 1. The van der Waals surface area contributed by atoms with Crippen molar-refractivity contribution in [2.75, 3.05) is 5.73 Å². The number of fused-ring (bicyclic) bond motifs is 1. The number of aromatic nitrogens is 1. The summed E-state index contributed by atoms with van der Waals surface area (Å²) in [7, 11) is 0. The van der Waals surface area contributed by atoms with Crippen molar-refractivity contribution in [2.45, 2.75) is 12.5 Å². The van der Waals surface area contributed by atoms with Crippen LogP contribution in [0.25, 0.3) is 10.9 Å². The SMILES string of the molecule is Nc1ccccc1C(=O)On1cc(CC(N)C(=O)O)c2ccccc21. The Balaban J connectivity index is 1.95. The zero-order valence-electron chi connectivity index (χ0n) is 13.3. The van der Waals surface area contributed by atoms with Crippen molar-refractivity contribution < 1.29 is 19.5 Å². The number of carboxylic acid groups (broad SMARTS) is 1. The Hall–Kier alpha value is -3.32. The molecule has 3 rings (SSSR count). The van der Waals surface area contributed by atoms with Crippen molar-refractivity contribution in [3.05, 3.63) is 65.9 Å². The van der Waals surface area contributed by atoms with E-state index in [4.69, 9.17) is 21.4 Å². The fourth-order valence-corrected chi connectivity index (χ4v) is 2.60. The van der Waals surface area contributed by atoms with E-state index >= 15 is 0 Å². The molecular formula is C18H17N3O4.